The van der Waals surface area contributed by atoms with Gasteiger partial charge < -0.3 is 10.1 Å². The number of benzene rings is 1. The van der Waals surface area contributed by atoms with Crippen LogP contribution in [-0.2, 0) is 27.1 Å². The quantitative estimate of drug-likeness (QED) is 0.698. The van der Waals surface area contributed by atoms with E-state index < -0.39 is 15.9 Å². The molecule has 1 heterocycles. The highest BCUT2D eigenvalue weighted by atomic mass is 32.2. The molecule has 0 aliphatic carbocycles. The molecule has 0 saturated carbocycles. The zero-order valence-corrected chi connectivity index (χ0v) is 14.8. The average Bonchev–Trinajstić information content (AvgIpc) is 2.61. The number of hydrogen-bond acceptors (Lipinski definition) is 5. The fourth-order valence-electron chi connectivity index (χ4n) is 2.06. The van der Waals surface area contributed by atoms with E-state index in [0.29, 0.717) is 24.5 Å². The number of nitrogens with zero attached hydrogens (tertiary/aromatic N) is 1. The van der Waals surface area contributed by atoms with Crippen molar-refractivity contribution in [1.82, 2.24) is 15.0 Å². The van der Waals surface area contributed by atoms with Crippen molar-refractivity contribution >= 4 is 15.9 Å². The SMILES string of the molecule is CCOc1ccc(CS(=O)(=O)NCC(=O)NCc2ccncc2)cc1. The summed E-state index contributed by atoms with van der Waals surface area (Å²) in [5.74, 6) is 0.0935. The molecule has 1 aromatic heterocycles. The third-order valence-electron chi connectivity index (χ3n) is 3.28. The molecule has 1 aromatic carbocycles. The molecule has 2 rings (SSSR count). The number of rotatable bonds is 9. The van der Waals surface area contributed by atoms with E-state index in [1.165, 1.54) is 0 Å². The molecule has 0 bridgehead atoms. The summed E-state index contributed by atoms with van der Waals surface area (Å²) in [6, 6.07) is 10.4. The molecule has 2 N–H and O–H groups in total. The van der Waals surface area contributed by atoms with Gasteiger partial charge in [-0.15, -0.1) is 0 Å². The third kappa shape index (κ3) is 6.90. The van der Waals surface area contributed by atoms with Crippen molar-refractivity contribution < 1.29 is 17.9 Å². The van der Waals surface area contributed by atoms with Gasteiger partial charge in [0.1, 0.15) is 5.75 Å². The molecular formula is C17H21N3O4S. The molecule has 8 heteroatoms. The number of sulfonamides is 1. The molecule has 0 radical (unpaired) electrons. The van der Waals surface area contributed by atoms with Gasteiger partial charge in [0.2, 0.25) is 15.9 Å². The van der Waals surface area contributed by atoms with Crippen LogP contribution in [0.15, 0.2) is 48.8 Å². The summed E-state index contributed by atoms with van der Waals surface area (Å²) < 4.78 is 31.7. The summed E-state index contributed by atoms with van der Waals surface area (Å²) in [5, 5.41) is 2.65. The topological polar surface area (TPSA) is 97.4 Å². The Morgan fingerprint density at radius 2 is 1.76 bits per heavy atom. The molecule has 25 heavy (non-hydrogen) atoms. The van der Waals surface area contributed by atoms with E-state index in [-0.39, 0.29) is 12.3 Å². The number of carbonyl (C=O) groups is 1. The Labute approximate surface area is 147 Å². The summed E-state index contributed by atoms with van der Waals surface area (Å²) in [6.07, 6.45) is 3.25. The summed E-state index contributed by atoms with van der Waals surface area (Å²) >= 11 is 0. The highest BCUT2D eigenvalue weighted by molar-refractivity contribution is 7.88. The molecule has 2 aromatic rings. The lowest BCUT2D eigenvalue weighted by atomic mass is 10.2. The fraction of sp³-hybridized carbons (Fsp3) is 0.294. The highest BCUT2D eigenvalue weighted by Gasteiger charge is 2.13. The van der Waals surface area contributed by atoms with Crippen LogP contribution < -0.4 is 14.8 Å². The predicted octanol–water partition coefficient (Wildman–Crippen LogP) is 1.22. The second-order valence-corrected chi connectivity index (χ2v) is 7.10. The van der Waals surface area contributed by atoms with Crippen LogP contribution in [0.3, 0.4) is 0 Å². The Hall–Kier alpha value is -2.45. The Kier molecular flexibility index (Phi) is 6.91. The second kappa shape index (κ2) is 9.14. The minimum Gasteiger partial charge on any atom is -0.494 e. The first-order valence-corrected chi connectivity index (χ1v) is 9.48. The van der Waals surface area contributed by atoms with Crippen molar-refractivity contribution in [2.75, 3.05) is 13.2 Å². The van der Waals surface area contributed by atoms with Gasteiger partial charge in [-0.2, -0.15) is 0 Å². The minimum atomic E-state index is -3.60. The molecule has 1 amide bonds. The van der Waals surface area contributed by atoms with E-state index in [1.807, 2.05) is 6.92 Å². The lowest BCUT2D eigenvalue weighted by molar-refractivity contribution is -0.120. The van der Waals surface area contributed by atoms with E-state index in [4.69, 9.17) is 4.74 Å². The van der Waals surface area contributed by atoms with Gasteiger partial charge in [0.25, 0.3) is 0 Å². The van der Waals surface area contributed by atoms with Crippen LogP contribution in [0.4, 0.5) is 0 Å². The van der Waals surface area contributed by atoms with Crippen LogP contribution in [-0.4, -0.2) is 32.5 Å². The summed E-state index contributed by atoms with van der Waals surface area (Å²) in [7, 11) is -3.60. The van der Waals surface area contributed by atoms with Gasteiger partial charge in [0, 0.05) is 18.9 Å². The first-order valence-electron chi connectivity index (χ1n) is 7.83. The Morgan fingerprint density at radius 3 is 2.40 bits per heavy atom. The number of hydrogen-bond donors (Lipinski definition) is 2. The molecule has 7 nitrogen and oxygen atoms in total. The molecule has 0 fully saturated rings. The number of pyridine rings is 1. The lowest BCUT2D eigenvalue weighted by Gasteiger charge is -2.09. The van der Waals surface area contributed by atoms with E-state index in [9.17, 15) is 13.2 Å². The monoisotopic (exact) mass is 363 g/mol. The highest BCUT2D eigenvalue weighted by Crippen LogP contribution is 2.13. The molecule has 0 saturated heterocycles. The lowest BCUT2D eigenvalue weighted by Crippen LogP contribution is -2.37. The van der Waals surface area contributed by atoms with E-state index in [2.05, 4.69) is 15.0 Å². The summed E-state index contributed by atoms with van der Waals surface area (Å²) in [5.41, 5.74) is 1.51. The van der Waals surface area contributed by atoms with Gasteiger partial charge >= 0.3 is 0 Å². The molecular weight excluding hydrogens is 342 g/mol. The number of amides is 1. The fourth-order valence-corrected chi connectivity index (χ4v) is 3.14. The maximum atomic E-state index is 12.1. The van der Waals surface area contributed by atoms with Gasteiger partial charge in [-0.05, 0) is 42.3 Å². The molecule has 134 valence electrons. The summed E-state index contributed by atoms with van der Waals surface area (Å²) in [6.45, 7) is 2.45. The van der Waals surface area contributed by atoms with E-state index >= 15 is 0 Å². The predicted molar refractivity (Wildman–Crippen MR) is 94.3 cm³/mol. The first-order chi connectivity index (χ1) is 12.0. The molecule has 0 atom stereocenters. The third-order valence-corrected chi connectivity index (χ3v) is 4.58. The van der Waals surface area contributed by atoms with Gasteiger partial charge in [0.05, 0.1) is 18.9 Å². The average molecular weight is 363 g/mol. The van der Waals surface area contributed by atoms with Gasteiger partial charge in [-0.25, -0.2) is 13.1 Å². The number of aromatic nitrogens is 1. The van der Waals surface area contributed by atoms with Crippen molar-refractivity contribution in [2.24, 2.45) is 0 Å². The van der Waals surface area contributed by atoms with Crippen LogP contribution in [0.2, 0.25) is 0 Å². The van der Waals surface area contributed by atoms with Gasteiger partial charge in [-0.3, -0.25) is 9.78 Å². The standard InChI is InChI=1S/C17H21N3O4S/c1-2-24-16-5-3-15(4-6-16)13-25(22,23)20-12-17(21)19-11-14-7-9-18-10-8-14/h3-10,20H,2,11-13H2,1H3,(H,19,21). The summed E-state index contributed by atoms with van der Waals surface area (Å²) in [4.78, 5) is 15.6. The second-order valence-electron chi connectivity index (χ2n) is 5.29. The normalized spacial score (nSPS) is 11.1. The van der Waals surface area contributed by atoms with Crippen molar-refractivity contribution in [1.29, 1.82) is 0 Å². The molecule has 0 aliphatic rings. The van der Waals surface area contributed by atoms with Gasteiger partial charge in [0.15, 0.2) is 0 Å². The first kappa shape index (κ1) is 18.9. The maximum absolute atomic E-state index is 12.1. The van der Waals surface area contributed by atoms with Crippen LogP contribution >= 0.6 is 0 Å². The number of carbonyl (C=O) groups excluding carboxylic acids is 1. The van der Waals surface area contributed by atoms with Crippen LogP contribution in [0, 0.1) is 0 Å². The Balaban J connectivity index is 1.79. The van der Waals surface area contributed by atoms with E-state index in [0.717, 1.165) is 5.56 Å². The van der Waals surface area contributed by atoms with Crippen molar-refractivity contribution in [3.63, 3.8) is 0 Å². The van der Waals surface area contributed by atoms with E-state index in [1.54, 1.807) is 48.8 Å². The maximum Gasteiger partial charge on any atom is 0.235 e. The van der Waals surface area contributed by atoms with Crippen molar-refractivity contribution in [3.05, 3.63) is 59.9 Å². The Bertz CT molecular complexity index is 777. The number of ether oxygens (including phenoxy) is 1. The van der Waals surface area contributed by atoms with Crippen LogP contribution in [0.25, 0.3) is 0 Å². The van der Waals surface area contributed by atoms with Crippen molar-refractivity contribution in [3.8, 4) is 5.75 Å². The van der Waals surface area contributed by atoms with Gasteiger partial charge in [-0.1, -0.05) is 12.1 Å². The zero-order valence-electron chi connectivity index (χ0n) is 13.9. The molecule has 0 unspecified atom stereocenters. The largest absolute Gasteiger partial charge is 0.494 e. The number of nitrogens with one attached hydrogen (secondary N) is 2. The molecule has 0 spiro atoms. The zero-order chi connectivity index (χ0) is 18.1. The smallest absolute Gasteiger partial charge is 0.235 e. The van der Waals surface area contributed by atoms with Crippen molar-refractivity contribution in [2.45, 2.75) is 19.2 Å². The minimum absolute atomic E-state index is 0.197. The Morgan fingerprint density at radius 1 is 1.08 bits per heavy atom. The molecule has 0 aliphatic heterocycles. The van der Waals surface area contributed by atoms with Crippen LogP contribution in [0.1, 0.15) is 18.1 Å². The van der Waals surface area contributed by atoms with Crippen LogP contribution in [0.5, 0.6) is 5.75 Å².